The lowest BCUT2D eigenvalue weighted by Crippen LogP contribution is -2.46. The average molecular weight is 277 g/mol. The summed E-state index contributed by atoms with van der Waals surface area (Å²) in [4.78, 5) is 14.0. The smallest absolute Gasteiger partial charge is 0.263 e. The minimum Gasteiger partial charge on any atom is -0.481 e. The Hall–Kier alpha value is -1.55. The van der Waals surface area contributed by atoms with Crippen LogP contribution in [0.4, 0.5) is 0 Å². The Labute approximate surface area is 120 Å². The third-order valence-electron chi connectivity index (χ3n) is 3.53. The molecule has 4 nitrogen and oxygen atoms in total. The number of carbonyl (C=O) groups excluding carboxylic acids is 1. The number of nitrogens with zero attached hydrogens (tertiary/aromatic N) is 1. The number of rotatable bonds is 4. The second kappa shape index (κ2) is 6.75. The van der Waals surface area contributed by atoms with Crippen LogP contribution in [-0.4, -0.2) is 43.2 Å². The number of hydrogen-bond donors (Lipinski definition) is 0. The molecule has 1 heterocycles. The van der Waals surface area contributed by atoms with Crippen LogP contribution in [0.5, 0.6) is 5.75 Å². The molecular weight excluding hydrogens is 254 g/mol. The molecule has 0 radical (unpaired) electrons. The Bertz CT molecular complexity index is 436. The van der Waals surface area contributed by atoms with Crippen LogP contribution in [0.25, 0.3) is 0 Å². The first kappa shape index (κ1) is 14.9. The fourth-order valence-corrected chi connectivity index (χ4v) is 2.23. The number of amides is 1. The van der Waals surface area contributed by atoms with Gasteiger partial charge in [-0.2, -0.15) is 0 Å². The van der Waals surface area contributed by atoms with E-state index in [2.05, 4.69) is 13.8 Å². The molecular formula is C16H23NO3. The zero-order valence-corrected chi connectivity index (χ0v) is 12.5. The lowest BCUT2D eigenvalue weighted by Gasteiger charge is -2.29. The van der Waals surface area contributed by atoms with Crippen molar-refractivity contribution >= 4 is 5.91 Å². The molecule has 0 bridgehead atoms. The molecule has 110 valence electrons. The third kappa shape index (κ3) is 3.73. The lowest BCUT2D eigenvalue weighted by molar-refractivity contribution is -0.142. The first-order chi connectivity index (χ1) is 9.58. The van der Waals surface area contributed by atoms with Gasteiger partial charge in [0.15, 0.2) is 6.10 Å². The highest BCUT2D eigenvalue weighted by molar-refractivity contribution is 5.81. The summed E-state index contributed by atoms with van der Waals surface area (Å²) in [5, 5.41) is 0. The van der Waals surface area contributed by atoms with Crippen LogP contribution in [0.1, 0.15) is 32.3 Å². The minimum absolute atomic E-state index is 0.0289. The van der Waals surface area contributed by atoms with E-state index in [9.17, 15) is 4.79 Å². The van der Waals surface area contributed by atoms with Crippen molar-refractivity contribution in [2.45, 2.75) is 32.8 Å². The maximum atomic E-state index is 12.2. The standard InChI is InChI=1S/C16H23NO3/c1-12(2)14-4-6-15(7-5-14)20-13(3)16(18)17-8-10-19-11-9-17/h4-7,12-13H,8-11H2,1-3H3/t13-/m0/s1. The molecule has 0 saturated carbocycles. The molecule has 2 rings (SSSR count). The van der Waals surface area contributed by atoms with E-state index in [-0.39, 0.29) is 5.91 Å². The van der Waals surface area contributed by atoms with Gasteiger partial charge in [-0.1, -0.05) is 26.0 Å². The van der Waals surface area contributed by atoms with Crippen LogP contribution in [0.15, 0.2) is 24.3 Å². The monoisotopic (exact) mass is 277 g/mol. The number of ether oxygens (including phenoxy) is 2. The van der Waals surface area contributed by atoms with Gasteiger partial charge in [-0.05, 0) is 30.5 Å². The van der Waals surface area contributed by atoms with Crippen molar-refractivity contribution in [1.82, 2.24) is 4.90 Å². The second-order valence-electron chi connectivity index (χ2n) is 5.42. The molecule has 4 heteroatoms. The summed E-state index contributed by atoms with van der Waals surface area (Å²) in [5.41, 5.74) is 1.27. The Morgan fingerprint density at radius 2 is 1.75 bits per heavy atom. The highest BCUT2D eigenvalue weighted by Gasteiger charge is 2.23. The Morgan fingerprint density at radius 3 is 2.30 bits per heavy atom. The summed E-state index contributed by atoms with van der Waals surface area (Å²) in [6.07, 6.45) is -0.460. The van der Waals surface area contributed by atoms with Crippen molar-refractivity contribution in [2.24, 2.45) is 0 Å². The fraction of sp³-hybridized carbons (Fsp3) is 0.562. The van der Waals surface area contributed by atoms with Gasteiger partial charge in [-0.15, -0.1) is 0 Å². The minimum atomic E-state index is -0.460. The van der Waals surface area contributed by atoms with Gasteiger partial charge in [0, 0.05) is 13.1 Å². The van der Waals surface area contributed by atoms with Crippen LogP contribution in [-0.2, 0) is 9.53 Å². The molecule has 0 N–H and O–H groups in total. The molecule has 1 aromatic carbocycles. The molecule has 1 atom stereocenters. The van der Waals surface area contributed by atoms with E-state index in [4.69, 9.17) is 9.47 Å². The molecule has 1 aromatic rings. The average Bonchev–Trinajstić information content (AvgIpc) is 2.48. The first-order valence-electron chi connectivity index (χ1n) is 7.21. The van der Waals surface area contributed by atoms with Gasteiger partial charge in [-0.25, -0.2) is 0 Å². The van der Waals surface area contributed by atoms with Gasteiger partial charge >= 0.3 is 0 Å². The number of morpholine rings is 1. The number of carbonyl (C=O) groups is 1. The maximum Gasteiger partial charge on any atom is 0.263 e. The summed E-state index contributed by atoms with van der Waals surface area (Å²) in [6, 6.07) is 7.95. The quantitative estimate of drug-likeness (QED) is 0.848. The van der Waals surface area contributed by atoms with Gasteiger partial charge in [0.25, 0.3) is 5.91 Å². The second-order valence-corrected chi connectivity index (χ2v) is 5.42. The van der Waals surface area contributed by atoms with Gasteiger partial charge in [-0.3, -0.25) is 4.79 Å². The van der Waals surface area contributed by atoms with Gasteiger partial charge in [0.2, 0.25) is 0 Å². The summed E-state index contributed by atoms with van der Waals surface area (Å²) in [7, 11) is 0. The molecule has 1 fully saturated rings. The SMILES string of the molecule is CC(C)c1ccc(O[C@@H](C)C(=O)N2CCOCC2)cc1. The van der Waals surface area contributed by atoms with E-state index in [1.807, 2.05) is 24.3 Å². The zero-order chi connectivity index (χ0) is 14.5. The topological polar surface area (TPSA) is 38.8 Å². The normalized spacial score (nSPS) is 17.1. The Kier molecular flexibility index (Phi) is 5.01. The molecule has 20 heavy (non-hydrogen) atoms. The van der Waals surface area contributed by atoms with Crippen LogP contribution >= 0.6 is 0 Å². The predicted octanol–water partition coefficient (Wildman–Crippen LogP) is 2.44. The molecule has 1 amide bonds. The highest BCUT2D eigenvalue weighted by atomic mass is 16.5. The Morgan fingerprint density at radius 1 is 1.15 bits per heavy atom. The van der Waals surface area contributed by atoms with Crippen molar-refractivity contribution in [3.05, 3.63) is 29.8 Å². The van der Waals surface area contributed by atoms with Crippen LogP contribution in [0.2, 0.25) is 0 Å². The maximum absolute atomic E-state index is 12.2. The van der Waals surface area contributed by atoms with Crippen molar-refractivity contribution < 1.29 is 14.3 Å². The first-order valence-corrected chi connectivity index (χ1v) is 7.21. The molecule has 0 unspecified atom stereocenters. The van der Waals surface area contributed by atoms with E-state index < -0.39 is 6.10 Å². The largest absolute Gasteiger partial charge is 0.481 e. The van der Waals surface area contributed by atoms with Crippen molar-refractivity contribution in [3.63, 3.8) is 0 Å². The van der Waals surface area contributed by atoms with Crippen LogP contribution < -0.4 is 4.74 Å². The van der Waals surface area contributed by atoms with Gasteiger partial charge in [0.1, 0.15) is 5.75 Å². The summed E-state index contributed by atoms with van der Waals surface area (Å²) >= 11 is 0. The van der Waals surface area contributed by atoms with Crippen molar-refractivity contribution in [2.75, 3.05) is 26.3 Å². The van der Waals surface area contributed by atoms with Crippen LogP contribution in [0.3, 0.4) is 0 Å². The highest BCUT2D eigenvalue weighted by Crippen LogP contribution is 2.19. The lowest BCUT2D eigenvalue weighted by atomic mass is 10.0. The predicted molar refractivity (Wildman–Crippen MR) is 78.0 cm³/mol. The molecule has 0 spiro atoms. The van der Waals surface area contributed by atoms with Crippen LogP contribution in [0, 0.1) is 0 Å². The van der Waals surface area contributed by atoms with Gasteiger partial charge < -0.3 is 14.4 Å². The summed E-state index contributed by atoms with van der Waals surface area (Å²) in [5.74, 6) is 1.27. The van der Waals surface area contributed by atoms with E-state index in [0.29, 0.717) is 32.2 Å². The zero-order valence-electron chi connectivity index (χ0n) is 12.5. The molecule has 1 saturated heterocycles. The number of benzene rings is 1. The van der Waals surface area contributed by atoms with Crippen molar-refractivity contribution in [3.8, 4) is 5.75 Å². The Balaban J connectivity index is 1.92. The molecule has 1 aliphatic rings. The molecule has 0 aromatic heterocycles. The fourth-order valence-electron chi connectivity index (χ4n) is 2.23. The van der Waals surface area contributed by atoms with Crippen molar-refractivity contribution in [1.29, 1.82) is 0 Å². The third-order valence-corrected chi connectivity index (χ3v) is 3.53. The number of hydrogen-bond acceptors (Lipinski definition) is 3. The summed E-state index contributed by atoms with van der Waals surface area (Å²) in [6.45, 7) is 8.63. The summed E-state index contributed by atoms with van der Waals surface area (Å²) < 4.78 is 11.0. The molecule has 1 aliphatic heterocycles. The van der Waals surface area contributed by atoms with E-state index in [1.165, 1.54) is 5.56 Å². The molecule has 0 aliphatic carbocycles. The van der Waals surface area contributed by atoms with E-state index >= 15 is 0 Å². The van der Waals surface area contributed by atoms with E-state index in [1.54, 1.807) is 11.8 Å². The van der Waals surface area contributed by atoms with E-state index in [0.717, 1.165) is 5.75 Å². The van der Waals surface area contributed by atoms with Gasteiger partial charge in [0.05, 0.1) is 13.2 Å².